The highest BCUT2D eigenvalue weighted by Crippen LogP contribution is 2.29. The molecule has 0 saturated heterocycles. The van der Waals surface area contributed by atoms with Gasteiger partial charge in [-0.2, -0.15) is 0 Å². The smallest absolute Gasteiger partial charge is 0.315 e. The Kier molecular flexibility index (Phi) is 4.08. The average Bonchev–Trinajstić information content (AvgIpc) is 2.66. The van der Waals surface area contributed by atoms with E-state index in [9.17, 15) is 24.3 Å². The normalized spacial score (nSPS) is 18.8. The first-order valence-electron chi connectivity index (χ1n) is 8.38. The summed E-state index contributed by atoms with van der Waals surface area (Å²) in [6.07, 6.45) is 6.57. The molecule has 0 aliphatic heterocycles. The van der Waals surface area contributed by atoms with Crippen LogP contribution in [0.3, 0.4) is 0 Å². The van der Waals surface area contributed by atoms with Crippen LogP contribution in [0.1, 0.15) is 6.42 Å². The number of benzene rings is 1. The van der Waals surface area contributed by atoms with Crippen molar-refractivity contribution >= 4 is 39.4 Å². The van der Waals surface area contributed by atoms with Crippen molar-refractivity contribution in [2.24, 2.45) is 5.41 Å². The van der Waals surface area contributed by atoms with Crippen LogP contribution >= 0.6 is 11.6 Å². The van der Waals surface area contributed by atoms with Crippen molar-refractivity contribution in [3.05, 3.63) is 78.5 Å². The lowest BCUT2D eigenvalue weighted by Crippen LogP contribution is -2.42. The maximum absolute atomic E-state index is 13.0. The number of carbonyl (C=O) groups is 1. The number of aromatic amines is 2. The van der Waals surface area contributed by atoms with Crippen molar-refractivity contribution in [1.82, 2.24) is 14.8 Å². The summed E-state index contributed by atoms with van der Waals surface area (Å²) in [6.45, 7) is -0.314. The minimum absolute atomic E-state index is 0.151. The highest BCUT2D eigenvalue weighted by atomic mass is 35.5. The lowest BCUT2D eigenvalue weighted by Gasteiger charge is -2.26. The fraction of sp³-hybridized carbons (Fsp3) is 0.158. The van der Waals surface area contributed by atoms with E-state index in [2.05, 4.69) is 10.1 Å². The zero-order valence-electron chi connectivity index (χ0n) is 14.4. The lowest BCUT2D eigenvalue weighted by molar-refractivity contribution is -0.146. The van der Waals surface area contributed by atoms with E-state index in [1.807, 2.05) is 0 Å². The van der Waals surface area contributed by atoms with Gasteiger partial charge >= 0.3 is 5.97 Å². The maximum Gasteiger partial charge on any atom is 0.315 e. The van der Waals surface area contributed by atoms with Gasteiger partial charge in [-0.3, -0.25) is 24.3 Å². The molecule has 0 spiro atoms. The Morgan fingerprint density at radius 2 is 2.04 bits per heavy atom. The number of hydrogen-bond donors (Lipinski definition) is 3. The topological polar surface area (TPSA) is 125 Å². The molecule has 1 aromatic carbocycles. The van der Waals surface area contributed by atoms with Crippen LogP contribution in [-0.4, -0.2) is 25.8 Å². The van der Waals surface area contributed by atoms with E-state index in [1.54, 1.807) is 18.2 Å². The van der Waals surface area contributed by atoms with Gasteiger partial charge in [0.2, 0.25) is 5.43 Å². The number of carboxylic acids is 1. The monoisotopic (exact) mass is 399 g/mol. The molecule has 4 rings (SSSR count). The highest BCUT2D eigenvalue weighted by molar-refractivity contribution is 6.31. The molecule has 0 amide bonds. The Morgan fingerprint density at radius 3 is 2.71 bits per heavy atom. The first kappa shape index (κ1) is 18.0. The molecule has 1 aliphatic rings. The van der Waals surface area contributed by atoms with E-state index < -0.39 is 27.9 Å². The standard InChI is InChI=1S/C19H14ClN3O5/c20-10-4-5-11-12(8-10)21-14-13(15(11)24)17(26)23(22-16(14)25)9-19(18(27)28)6-2-1-3-7-19/h1-6,8H,7,9H2,(H,21,24)(H,22,25)(H,27,28). The summed E-state index contributed by atoms with van der Waals surface area (Å²) in [5.74, 6) is -1.14. The summed E-state index contributed by atoms with van der Waals surface area (Å²) in [5, 5.41) is 12.3. The molecule has 142 valence electrons. The molecule has 0 fully saturated rings. The molecule has 0 saturated carbocycles. The summed E-state index contributed by atoms with van der Waals surface area (Å²) in [7, 11) is 0. The van der Waals surface area contributed by atoms with Crippen LogP contribution in [0.5, 0.6) is 0 Å². The molecule has 1 unspecified atom stereocenters. The largest absolute Gasteiger partial charge is 0.481 e. The number of pyridine rings is 1. The van der Waals surface area contributed by atoms with Crippen molar-refractivity contribution in [2.75, 3.05) is 0 Å². The van der Waals surface area contributed by atoms with Gasteiger partial charge in [-0.05, 0) is 24.6 Å². The van der Waals surface area contributed by atoms with Gasteiger partial charge in [0.1, 0.15) is 16.3 Å². The van der Waals surface area contributed by atoms with Crippen LogP contribution in [-0.2, 0) is 11.3 Å². The third-order valence-corrected chi connectivity index (χ3v) is 5.13. The van der Waals surface area contributed by atoms with Gasteiger partial charge in [-0.15, -0.1) is 0 Å². The molecule has 3 N–H and O–H groups in total. The van der Waals surface area contributed by atoms with Gasteiger partial charge in [0.25, 0.3) is 11.1 Å². The number of H-pyrrole nitrogens is 2. The second-order valence-corrected chi connectivity index (χ2v) is 7.12. The molecule has 8 nitrogen and oxygen atoms in total. The molecule has 2 heterocycles. The highest BCUT2D eigenvalue weighted by Gasteiger charge is 2.37. The minimum Gasteiger partial charge on any atom is -0.481 e. The second-order valence-electron chi connectivity index (χ2n) is 6.68. The Morgan fingerprint density at radius 1 is 1.25 bits per heavy atom. The van der Waals surface area contributed by atoms with E-state index in [0.717, 1.165) is 4.68 Å². The van der Waals surface area contributed by atoms with Crippen LogP contribution in [0, 0.1) is 5.41 Å². The minimum atomic E-state index is -1.40. The number of allylic oxidation sites excluding steroid dienone is 3. The third-order valence-electron chi connectivity index (χ3n) is 4.90. The van der Waals surface area contributed by atoms with Gasteiger partial charge in [0, 0.05) is 10.4 Å². The number of hydrogen-bond acceptors (Lipinski definition) is 4. The summed E-state index contributed by atoms with van der Waals surface area (Å²) in [5.41, 5.74) is -3.33. The third kappa shape index (κ3) is 2.69. The zero-order chi connectivity index (χ0) is 20.1. The van der Waals surface area contributed by atoms with Crippen molar-refractivity contribution in [1.29, 1.82) is 0 Å². The first-order valence-corrected chi connectivity index (χ1v) is 8.76. The van der Waals surface area contributed by atoms with Crippen molar-refractivity contribution in [3.63, 3.8) is 0 Å². The SMILES string of the molecule is O=C(O)C1(Cn2[nH]c(=O)c3[nH]c4cc(Cl)ccc4c(=O)c3c2=O)C=CC=CC1. The van der Waals surface area contributed by atoms with Crippen LogP contribution < -0.4 is 16.5 Å². The number of aliphatic carboxylic acids is 1. The van der Waals surface area contributed by atoms with Gasteiger partial charge in [0.05, 0.1) is 12.1 Å². The van der Waals surface area contributed by atoms with E-state index in [-0.39, 0.29) is 29.3 Å². The van der Waals surface area contributed by atoms with Crippen molar-refractivity contribution in [2.45, 2.75) is 13.0 Å². The van der Waals surface area contributed by atoms with Gasteiger partial charge in [0.15, 0.2) is 0 Å². The fourth-order valence-electron chi connectivity index (χ4n) is 3.40. The average molecular weight is 400 g/mol. The molecule has 2 aromatic heterocycles. The maximum atomic E-state index is 13.0. The van der Waals surface area contributed by atoms with Crippen molar-refractivity contribution < 1.29 is 9.90 Å². The van der Waals surface area contributed by atoms with E-state index in [4.69, 9.17) is 11.6 Å². The number of aromatic nitrogens is 3. The predicted molar refractivity (Wildman–Crippen MR) is 105 cm³/mol. The number of nitrogens with zero attached hydrogens (tertiary/aromatic N) is 1. The van der Waals surface area contributed by atoms with E-state index in [0.29, 0.717) is 10.5 Å². The number of rotatable bonds is 3. The Balaban J connectivity index is 2.00. The number of halogens is 1. The number of carboxylic acid groups (broad SMARTS) is 1. The zero-order valence-corrected chi connectivity index (χ0v) is 15.1. The number of fused-ring (bicyclic) bond motifs is 2. The molecule has 0 radical (unpaired) electrons. The molecule has 9 heteroatoms. The number of nitrogens with one attached hydrogen (secondary N) is 2. The Labute approximate surface area is 161 Å². The van der Waals surface area contributed by atoms with Gasteiger partial charge in [-0.25, -0.2) is 4.68 Å². The van der Waals surface area contributed by atoms with Crippen molar-refractivity contribution in [3.8, 4) is 0 Å². The molecule has 0 bridgehead atoms. The van der Waals surface area contributed by atoms with Gasteiger partial charge in [-0.1, -0.05) is 35.9 Å². The molecule has 1 aliphatic carbocycles. The summed E-state index contributed by atoms with van der Waals surface area (Å²) in [4.78, 5) is 53.0. The Hall–Kier alpha value is -3.39. The summed E-state index contributed by atoms with van der Waals surface area (Å²) < 4.78 is 0.888. The van der Waals surface area contributed by atoms with Crippen LogP contribution in [0.2, 0.25) is 5.02 Å². The van der Waals surface area contributed by atoms with Crippen LogP contribution in [0.25, 0.3) is 21.8 Å². The molecule has 1 atom stereocenters. The predicted octanol–water partition coefficient (Wildman–Crippen LogP) is 1.77. The van der Waals surface area contributed by atoms with Crippen LogP contribution in [0.4, 0.5) is 0 Å². The van der Waals surface area contributed by atoms with E-state index in [1.165, 1.54) is 24.3 Å². The van der Waals surface area contributed by atoms with Gasteiger partial charge < -0.3 is 10.1 Å². The van der Waals surface area contributed by atoms with Crippen LogP contribution in [0.15, 0.2) is 56.9 Å². The summed E-state index contributed by atoms with van der Waals surface area (Å²) in [6, 6.07) is 4.46. The second kappa shape index (κ2) is 6.35. The summed E-state index contributed by atoms with van der Waals surface area (Å²) >= 11 is 5.93. The molecular weight excluding hydrogens is 386 g/mol. The fourth-order valence-corrected chi connectivity index (χ4v) is 3.58. The molecule has 3 aromatic rings. The quantitative estimate of drug-likeness (QED) is 0.579. The molecular formula is C19H14ClN3O5. The van der Waals surface area contributed by atoms with E-state index >= 15 is 0 Å². The molecule has 28 heavy (non-hydrogen) atoms. The first-order chi connectivity index (χ1) is 13.3. The Bertz CT molecular complexity index is 1380. The lowest BCUT2D eigenvalue weighted by atomic mass is 9.81.